The molecule has 0 amide bonds. The van der Waals surface area contributed by atoms with Gasteiger partial charge in [-0.25, -0.2) is 4.79 Å². The van der Waals surface area contributed by atoms with Crippen molar-refractivity contribution in [1.82, 2.24) is 9.55 Å². The van der Waals surface area contributed by atoms with Crippen molar-refractivity contribution in [2.75, 3.05) is 12.9 Å². The molecule has 0 radical (unpaired) electrons. The van der Waals surface area contributed by atoms with Crippen LogP contribution in [0.2, 0.25) is 0 Å². The topological polar surface area (TPSA) is 105 Å². The first-order chi connectivity index (χ1) is 8.62. The van der Waals surface area contributed by atoms with E-state index in [-0.39, 0.29) is 18.9 Å². The number of hydrogen-bond acceptors (Lipinski definition) is 6. The van der Waals surface area contributed by atoms with Gasteiger partial charge in [0.1, 0.15) is 6.23 Å². The molecule has 0 saturated carbocycles. The number of H-pyrrole nitrogens is 1. The molecule has 0 aliphatic carbocycles. The summed E-state index contributed by atoms with van der Waals surface area (Å²) in [5.41, 5.74) is -0.904. The number of nitrogens with one attached hydrogen (secondary N) is 1. The first-order valence-electron chi connectivity index (χ1n) is 5.37. The predicted octanol–water partition coefficient (Wildman–Crippen LogP) is 0.0289. The SMILES string of the molecule is CSO.O=c1ccn(C2CCC(CO)O2)c(=O)[nH]1. The van der Waals surface area contributed by atoms with Crippen LogP contribution in [0.25, 0.3) is 0 Å². The van der Waals surface area contributed by atoms with Crippen LogP contribution in [0.3, 0.4) is 0 Å². The van der Waals surface area contributed by atoms with E-state index in [0.29, 0.717) is 12.8 Å². The monoisotopic (exact) mass is 276 g/mol. The summed E-state index contributed by atoms with van der Waals surface area (Å²) in [5.74, 6) is 0. The van der Waals surface area contributed by atoms with Crippen LogP contribution in [0.15, 0.2) is 21.9 Å². The molecule has 1 aliphatic rings. The standard InChI is InChI=1S/C9H12N2O4.CH4OS/c12-5-6-1-2-8(15-6)11-4-3-7(13)10-9(11)14;1-3-2/h3-4,6,8,12H,1-2,5H2,(H,10,13,14);2H,1H3. The highest BCUT2D eigenvalue weighted by Crippen LogP contribution is 2.26. The van der Waals surface area contributed by atoms with Crippen LogP contribution in [-0.4, -0.2) is 38.2 Å². The maximum absolute atomic E-state index is 11.4. The molecule has 7 nitrogen and oxygen atoms in total. The summed E-state index contributed by atoms with van der Waals surface area (Å²) in [6.07, 6.45) is 3.79. The van der Waals surface area contributed by atoms with Crippen LogP contribution >= 0.6 is 12.0 Å². The Morgan fingerprint density at radius 2 is 2.22 bits per heavy atom. The highest BCUT2D eigenvalue weighted by Gasteiger charge is 2.26. The van der Waals surface area contributed by atoms with Gasteiger partial charge in [0.15, 0.2) is 0 Å². The minimum atomic E-state index is -0.480. The summed E-state index contributed by atoms with van der Waals surface area (Å²) in [7, 11) is 0. The van der Waals surface area contributed by atoms with Gasteiger partial charge in [0, 0.05) is 18.5 Å². The van der Waals surface area contributed by atoms with Gasteiger partial charge in [-0.15, -0.1) is 0 Å². The van der Waals surface area contributed by atoms with Crippen LogP contribution in [0, 0.1) is 0 Å². The maximum Gasteiger partial charge on any atom is 0.330 e. The van der Waals surface area contributed by atoms with Crippen LogP contribution in [-0.2, 0) is 4.74 Å². The van der Waals surface area contributed by atoms with Gasteiger partial charge in [-0.1, -0.05) is 0 Å². The number of nitrogens with zero attached hydrogens (tertiary/aromatic N) is 1. The summed E-state index contributed by atoms with van der Waals surface area (Å²) < 4.78 is 14.2. The molecular weight excluding hydrogens is 260 g/mol. The van der Waals surface area contributed by atoms with Crippen molar-refractivity contribution < 1.29 is 14.4 Å². The summed E-state index contributed by atoms with van der Waals surface area (Å²) in [4.78, 5) is 24.4. The molecule has 2 atom stereocenters. The van der Waals surface area contributed by atoms with Crippen molar-refractivity contribution in [3.05, 3.63) is 33.1 Å². The molecule has 8 heteroatoms. The molecule has 2 rings (SSSR count). The molecule has 0 bridgehead atoms. The van der Waals surface area contributed by atoms with E-state index in [4.69, 9.17) is 14.4 Å². The summed E-state index contributed by atoms with van der Waals surface area (Å²) in [5, 5.41) is 8.87. The van der Waals surface area contributed by atoms with Crippen LogP contribution in [0.1, 0.15) is 19.1 Å². The fourth-order valence-corrected chi connectivity index (χ4v) is 1.68. The molecule has 3 N–H and O–H groups in total. The normalized spacial score (nSPS) is 22.4. The molecule has 1 aliphatic heterocycles. The van der Waals surface area contributed by atoms with E-state index < -0.39 is 11.2 Å². The van der Waals surface area contributed by atoms with E-state index in [1.807, 2.05) is 0 Å². The Morgan fingerprint density at radius 3 is 2.72 bits per heavy atom. The second-order valence-corrected chi connectivity index (χ2v) is 4.04. The third-order valence-electron chi connectivity index (χ3n) is 2.45. The highest BCUT2D eigenvalue weighted by atomic mass is 32.2. The zero-order valence-corrected chi connectivity index (χ0v) is 10.7. The van der Waals surface area contributed by atoms with Crippen molar-refractivity contribution in [3.8, 4) is 0 Å². The second kappa shape index (κ2) is 7.37. The molecular formula is C10H16N2O5S. The van der Waals surface area contributed by atoms with Gasteiger partial charge in [0.25, 0.3) is 5.56 Å². The second-order valence-electron chi connectivity index (χ2n) is 3.67. The minimum Gasteiger partial charge on any atom is -0.394 e. The van der Waals surface area contributed by atoms with Gasteiger partial charge >= 0.3 is 5.69 Å². The third kappa shape index (κ3) is 3.98. The molecule has 2 heterocycles. The lowest BCUT2D eigenvalue weighted by Crippen LogP contribution is -2.31. The molecule has 0 spiro atoms. The van der Waals surface area contributed by atoms with E-state index in [9.17, 15) is 9.59 Å². The molecule has 2 unspecified atom stereocenters. The zero-order chi connectivity index (χ0) is 13.5. The predicted molar refractivity (Wildman–Crippen MR) is 67.7 cm³/mol. The lowest BCUT2D eigenvalue weighted by Gasteiger charge is -2.13. The Bertz CT molecular complexity index is 472. The largest absolute Gasteiger partial charge is 0.394 e. The molecule has 18 heavy (non-hydrogen) atoms. The Hall–Kier alpha value is -1.09. The van der Waals surface area contributed by atoms with E-state index in [2.05, 4.69) is 4.98 Å². The fraction of sp³-hybridized carbons (Fsp3) is 0.600. The van der Waals surface area contributed by atoms with Gasteiger partial charge in [-0.05, 0) is 24.9 Å². The van der Waals surface area contributed by atoms with Crippen molar-refractivity contribution in [2.24, 2.45) is 0 Å². The quantitative estimate of drug-likeness (QED) is 0.658. The van der Waals surface area contributed by atoms with E-state index >= 15 is 0 Å². The lowest BCUT2D eigenvalue weighted by atomic mass is 10.2. The number of aliphatic hydroxyl groups excluding tert-OH is 1. The molecule has 1 aromatic rings. The van der Waals surface area contributed by atoms with Crippen molar-refractivity contribution >= 4 is 12.0 Å². The zero-order valence-electron chi connectivity index (χ0n) is 9.91. The number of rotatable bonds is 2. The third-order valence-corrected chi connectivity index (χ3v) is 2.45. The van der Waals surface area contributed by atoms with E-state index in [1.54, 1.807) is 6.26 Å². The summed E-state index contributed by atoms with van der Waals surface area (Å²) in [6, 6.07) is 1.27. The first kappa shape index (κ1) is 15.0. The number of aliphatic hydroxyl groups is 1. The van der Waals surface area contributed by atoms with E-state index in [0.717, 1.165) is 12.0 Å². The lowest BCUT2D eigenvalue weighted by molar-refractivity contribution is -0.0246. The van der Waals surface area contributed by atoms with Crippen molar-refractivity contribution in [1.29, 1.82) is 0 Å². The Labute approximate surface area is 108 Å². The van der Waals surface area contributed by atoms with E-state index in [1.165, 1.54) is 16.8 Å². The maximum atomic E-state index is 11.4. The van der Waals surface area contributed by atoms with Gasteiger partial charge in [0.2, 0.25) is 0 Å². The number of aromatic amines is 1. The highest BCUT2D eigenvalue weighted by molar-refractivity contribution is 7.93. The van der Waals surface area contributed by atoms with Gasteiger partial charge in [-0.3, -0.25) is 14.3 Å². The van der Waals surface area contributed by atoms with Crippen molar-refractivity contribution in [3.63, 3.8) is 0 Å². The van der Waals surface area contributed by atoms with Crippen LogP contribution in [0.4, 0.5) is 0 Å². The number of hydrogen-bond donors (Lipinski definition) is 3. The molecule has 1 saturated heterocycles. The van der Waals surface area contributed by atoms with Crippen molar-refractivity contribution in [2.45, 2.75) is 25.2 Å². The summed E-state index contributed by atoms with van der Waals surface area (Å²) >= 11 is 0.750. The molecule has 1 aromatic heterocycles. The van der Waals surface area contributed by atoms with Crippen LogP contribution < -0.4 is 11.2 Å². The molecule has 1 fully saturated rings. The summed E-state index contributed by atoms with van der Waals surface area (Å²) in [6.45, 7) is -0.0470. The molecule has 102 valence electrons. The number of aromatic nitrogens is 2. The molecule has 0 aromatic carbocycles. The van der Waals surface area contributed by atoms with Gasteiger partial charge < -0.3 is 14.4 Å². The minimum absolute atomic E-state index is 0.0470. The van der Waals surface area contributed by atoms with Crippen LogP contribution in [0.5, 0.6) is 0 Å². The Morgan fingerprint density at radius 1 is 1.56 bits per heavy atom. The van der Waals surface area contributed by atoms with Gasteiger partial charge in [-0.2, -0.15) is 0 Å². The Kier molecular flexibility index (Phi) is 6.13. The average molecular weight is 276 g/mol. The first-order valence-corrected chi connectivity index (χ1v) is 6.56. The Balaban J connectivity index is 0.000000492. The smallest absolute Gasteiger partial charge is 0.330 e. The van der Waals surface area contributed by atoms with Gasteiger partial charge in [0.05, 0.1) is 12.7 Å². The average Bonchev–Trinajstić information content (AvgIpc) is 2.78. The number of ether oxygens (including phenoxy) is 1. The fourth-order valence-electron chi connectivity index (χ4n) is 1.68.